The molecule has 0 fully saturated rings. The number of ether oxygens (including phenoxy) is 1. The standard InChI is InChI=1S/C22H20N6O/c1-14(15-5-3-2-4-6-15)28-22(24)29-21(23)16-7-8-19-17(11-16)18(12-27-19)20-13-25-9-10-26-20/h2-14,23,27H,1H3,(H2,24,28). The second-order valence-electron chi connectivity index (χ2n) is 6.54. The Morgan fingerprint density at radius 1 is 1.17 bits per heavy atom. The second kappa shape index (κ2) is 7.93. The van der Waals surface area contributed by atoms with Crippen molar-refractivity contribution in [1.82, 2.24) is 15.0 Å². The normalized spacial score (nSPS) is 12.7. The van der Waals surface area contributed by atoms with E-state index in [1.807, 2.05) is 55.6 Å². The molecule has 0 radical (unpaired) electrons. The number of aromatic amines is 1. The van der Waals surface area contributed by atoms with Gasteiger partial charge >= 0.3 is 0 Å². The number of fused-ring (bicyclic) bond motifs is 1. The fourth-order valence-corrected chi connectivity index (χ4v) is 3.10. The van der Waals surface area contributed by atoms with Crippen LogP contribution in [0.5, 0.6) is 0 Å². The van der Waals surface area contributed by atoms with Crippen LogP contribution >= 0.6 is 0 Å². The largest absolute Gasteiger partial charge is 0.407 e. The van der Waals surface area contributed by atoms with E-state index in [9.17, 15) is 0 Å². The molecular weight excluding hydrogens is 364 g/mol. The molecule has 0 amide bonds. The molecule has 29 heavy (non-hydrogen) atoms. The van der Waals surface area contributed by atoms with Gasteiger partial charge in [0.05, 0.1) is 17.9 Å². The third-order valence-electron chi connectivity index (χ3n) is 4.59. The highest BCUT2D eigenvalue weighted by atomic mass is 16.5. The Hall–Kier alpha value is -4.00. The number of aliphatic imine (C=N–C) groups is 1. The zero-order valence-corrected chi connectivity index (χ0v) is 15.8. The summed E-state index contributed by atoms with van der Waals surface area (Å²) in [6.45, 7) is 1.92. The van der Waals surface area contributed by atoms with E-state index >= 15 is 0 Å². The SMILES string of the molecule is CC(N=C(N)OC(=N)c1ccc2[nH]cc(-c3cnccn3)c2c1)c1ccccc1. The van der Waals surface area contributed by atoms with Crippen LogP contribution in [0.25, 0.3) is 22.2 Å². The fraction of sp³-hybridized carbons (Fsp3) is 0.0909. The first-order valence-corrected chi connectivity index (χ1v) is 9.14. The molecule has 7 nitrogen and oxygen atoms in total. The van der Waals surface area contributed by atoms with Gasteiger partial charge in [-0.3, -0.25) is 15.4 Å². The summed E-state index contributed by atoms with van der Waals surface area (Å²) in [5.74, 6) is -0.0697. The number of hydrogen-bond donors (Lipinski definition) is 3. The van der Waals surface area contributed by atoms with E-state index in [4.69, 9.17) is 15.9 Å². The van der Waals surface area contributed by atoms with Crippen LogP contribution in [0.1, 0.15) is 24.1 Å². The third kappa shape index (κ3) is 3.98. The molecule has 0 aliphatic heterocycles. The Bertz CT molecular complexity index is 1170. The number of nitrogens with one attached hydrogen (secondary N) is 2. The smallest absolute Gasteiger partial charge is 0.289 e. The maximum atomic E-state index is 8.29. The molecule has 4 N–H and O–H groups in total. The average Bonchev–Trinajstić information content (AvgIpc) is 3.18. The summed E-state index contributed by atoms with van der Waals surface area (Å²) >= 11 is 0. The quantitative estimate of drug-likeness (QED) is 0.364. The molecule has 2 heterocycles. The highest BCUT2D eigenvalue weighted by molar-refractivity contribution is 6.04. The molecule has 0 saturated carbocycles. The molecule has 0 aliphatic carbocycles. The Morgan fingerprint density at radius 3 is 2.76 bits per heavy atom. The van der Waals surface area contributed by atoms with Crippen LogP contribution in [0.3, 0.4) is 0 Å². The number of nitrogens with two attached hydrogens (primary N) is 1. The van der Waals surface area contributed by atoms with Crippen molar-refractivity contribution in [2.24, 2.45) is 10.7 Å². The van der Waals surface area contributed by atoms with Crippen LogP contribution < -0.4 is 5.73 Å². The summed E-state index contributed by atoms with van der Waals surface area (Å²) in [5.41, 5.74) is 10.1. The highest BCUT2D eigenvalue weighted by Crippen LogP contribution is 2.27. The summed E-state index contributed by atoms with van der Waals surface area (Å²) < 4.78 is 5.47. The number of rotatable bonds is 4. The van der Waals surface area contributed by atoms with E-state index in [1.54, 1.807) is 24.7 Å². The molecule has 4 rings (SSSR count). The van der Waals surface area contributed by atoms with Crippen LogP contribution in [-0.4, -0.2) is 26.9 Å². The Balaban J connectivity index is 1.56. The van der Waals surface area contributed by atoms with Crippen molar-refractivity contribution in [1.29, 1.82) is 5.41 Å². The van der Waals surface area contributed by atoms with Gasteiger partial charge in [0, 0.05) is 40.6 Å². The summed E-state index contributed by atoms with van der Waals surface area (Å²) in [5, 5.41) is 9.21. The lowest BCUT2D eigenvalue weighted by Gasteiger charge is -2.10. The van der Waals surface area contributed by atoms with Gasteiger partial charge in [0.15, 0.2) is 0 Å². The average molecular weight is 384 g/mol. The zero-order chi connectivity index (χ0) is 20.2. The van der Waals surface area contributed by atoms with Crippen molar-refractivity contribution in [3.05, 3.63) is 84.4 Å². The second-order valence-corrected chi connectivity index (χ2v) is 6.54. The van der Waals surface area contributed by atoms with Gasteiger partial charge in [-0.1, -0.05) is 30.3 Å². The Morgan fingerprint density at radius 2 is 2.00 bits per heavy atom. The van der Waals surface area contributed by atoms with Gasteiger partial charge in [0.25, 0.3) is 6.02 Å². The van der Waals surface area contributed by atoms with Gasteiger partial charge in [-0.05, 0) is 30.7 Å². The van der Waals surface area contributed by atoms with Gasteiger partial charge in [0.2, 0.25) is 5.90 Å². The van der Waals surface area contributed by atoms with Gasteiger partial charge in [-0.25, -0.2) is 4.99 Å². The molecule has 7 heteroatoms. The van der Waals surface area contributed by atoms with Crippen molar-refractivity contribution in [2.45, 2.75) is 13.0 Å². The van der Waals surface area contributed by atoms with Crippen LogP contribution in [0.15, 0.2) is 78.3 Å². The van der Waals surface area contributed by atoms with Crippen molar-refractivity contribution >= 4 is 22.8 Å². The lowest BCUT2D eigenvalue weighted by Crippen LogP contribution is -2.21. The van der Waals surface area contributed by atoms with E-state index in [1.165, 1.54) is 0 Å². The molecule has 2 aromatic carbocycles. The van der Waals surface area contributed by atoms with E-state index < -0.39 is 0 Å². The summed E-state index contributed by atoms with van der Waals surface area (Å²) in [6.07, 6.45) is 6.85. The first kappa shape index (κ1) is 18.4. The van der Waals surface area contributed by atoms with Crippen LogP contribution in [-0.2, 0) is 4.74 Å². The minimum atomic E-state index is -0.167. The van der Waals surface area contributed by atoms with E-state index in [-0.39, 0.29) is 18.0 Å². The fourth-order valence-electron chi connectivity index (χ4n) is 3.10. The third-order valence-corrected chi connectivity index (χ3v) is 4.59. The molecule has 0 saturated heterocycles. The first-order chi connectivity index (χ1) is 14.1. The number of nitrogens with zero attached hydrogens (tertiary/aromatic N) is 3. The van der Waals surface area contributed by atoms with E-state index in [2.05, 4.69) is 19.9 Å². The molecule has 1 unspecified atom stereocenters. The number of benzene rings is 2. The van der Waals surface area contributed by atoms with E-state index in [0.29, 0.717) is 5.56 Å². The number of H-pyrrole nitrogens is 1. The van der Waals surface area contributed by atoms with Crippen LogP contribution in [0, 0.1) is 5.41 Å². The van der Waals surface area contributed by atoms with Gasteiger partial charge in [0.1, 0.15) is 0 Å². The van der Waals surface area contributed by atoms with Crippen LogP contribution in [0.4, 0.5) is 0 Å². The van der Waals surface area contributed by atoms with E-state index in [0.717, 1.165) is 27.7 Å². The first-order valence-electron chi connectivity index (χ1n) is 9.14. The van der Waals surface area contributed by atoms with Gasteiger partial charge < -0.3 is 15.5 Å². The Kier molecular flexibility index (Phi) is 5.03. The molecule has 144 valence electrons. The Labute approximate surface area is 167 Å². The monoisotopic (exact) mass is 384 g/mol. The molecular formula is C22H20N6O. The summed E-state index contributed by atoms with van der Waals surface area (Å²) in [7, 11) is 0. The molecule has 0 aliphatic rings. The molecule has 0 bridgehead atoms. The molecule has 2 aromatic heterocycles. The maximum Gasteiger partial charge on any atom is 0.289 e. The molecule has 1 atom stereocenters. The number of aromatic nitrogens is 3. The lowest BCUT2D eigenvalue weighted by atomic mass is 10.1. The van der Waals surface area contributed by atoms with Crippen molar-refractivity contribution in [3.63, 3.8) is 0 Å². The van der Waals surface area contributed by atoms with Crippen LogP contribution in [0.2, 0.25) is 0 Å². The topological polar surface area (TPSA) is 113 Å². The van der Waals surface area contributed by atoms with Gasteiger partial charge in [-0.15, -0.1) is 0 Å². The minimum absolute atomic E-state index is 0.0466. The zero-order valence-electron chi connectivity index (χ0n) is 15.8. The predicted molar refractivity (Wildman–Crippen MR) is 114 cm³/mol. The van der Waals surface area contributed by atoms with Crippen molar-refractivity contribution in [3.8, 4) is 11.3 Å². The number of amidine groups is 1. The van der Waals surface area contributed by atoms with Crippen molar-refractivity contribution < 1.29 is 4.74 Å². The predicted octanol–water partition coefficient (Wildman–Crippen LogP) is 4.04. The highest BCUT2D eigenvalue weighted by Gasteiger charge is 2.12. The molecule has 0 spiro atoms. The summed E-state index contributed by atoms with van der Waals surface area (Å²) in [4.78, 5) is 16.0. The summed E-state index contributed by atoms with van der Waals surface area (Å²) in [6, 6.07) is 15.1. The number of hydrogen-bond acceptors (Lipinski definition) is 5. The molecule has 4 aromatic rings. The lowest BCUT2D eigenvalue weighted by molar-refractivity contribution is 0.522. The van der Waals surface area contributed by atoms with Crippen molar-refractivity contribution in [2.75, 3.05) is 0 Å². The maximum absolute atomic E-state index is 8.29. The minimum Gasteiger partial charge on any atom is -0.407 e. The van der Waals surface area contributed by atoms with Gasteiger partial charge in [-0.2, -0.15) is 0 Å².